The van der Waals surface area contributed by atoms with E-state index in [0.29, 0.717) is 5.56 Å². The molecule has 0 fully saturated rings. The number of rotatable bonds is 6. The summed E-state index contributed by atoms with van der Waals surface area (Å²) in [6.07, 6.45) is 1.71. The second kappa shape index (κ2) is 8.09. The van der Waals surface area contributed by atoms with Crippen LogP contribution in [0.15, 0.2) is 72.8 Å². The minimum atomic E-state index is 0.0748. The topological polar surface area (TPSA) is 40.5 Å². The molecule has 0 heterocycles. The van der Waals surface area contributed by atoms with Crippen LogP contribution in [-0.2, 0) is 12.8 Å². The van der Waals surface area contributed by atoms with Gasteiger partial charge in [-0.1, -0.05) is 74.5 Å². The van der Waals surface area contributed by atoms with E-state index in [2.05, 4.69) is 24.3 Å². The lowest BCUT2D eigenvalue weighted by molar-refractivity contribution is 0.430. The molecule has 0 bridgehead atoms. The number of aromatic hydroxyl groups is 2. The van der Waals surface area contributed by atoms with Crippen LogP contribution in [0.25, 0.3) is 0 Å². The molecule has 0 saturated carbocycles. The van der Waals surface area contributed by atoms with Crippen LogP contribution < -0.4 is 0 Å². The van der Waals surface area contributed by atoms with Gasteiger partial charge in [-0.25, -0.2) is 0 Å². The molecule has 0 aliphatic heterocycles. The van der Waals surface area contributed by atoms with Gasteiger partial charge in [-0.05, 0) is 53.5 Å². The third-order valence-corrected chi connectivity index (χ3v) is 4.86. The van der Waals surface area contributed by atoms with Crippen molar-refractivity contribution in [1.29, 1.82) is 0 Å². The third-order valence-electron chi connectivity index (χ3n) is 4.86. The maximum atomic E-state index is 10.5. The molecule has 0 radical (unpaired) electrons. The van der Waals surface area contributed by atoms with Gasteiger partial charge in [-0.15, -0.1) is 0 Å². The molecule has 0 saturated heterocycles. The fourth-order valence-corrected chi connectivity index (χ4v) is 3.58. The van der Waals surface area contributed by atoms with Crippen molar-refractivity contribution in [2.75, 3.05) is 0 Å². The van der Waals surface area contributed by atoms with Gasteiger partial charge in [0.15, 0.2) is 0 Å². The van der Waals surface area contributed by atoms with Gasteiger partial charge < -0.3 is 10.2 Å². The Morgan fingerprint density at radius 2 is 1.12 bits per heavy atom. The zero-order valence-electron chi connectivity index (χ0n) is 15.4. The first-order chi connectivity index (χ1) is 12.5. The van der Waals surface area contributed by atoms with Crippen LogP contribution in [0.4, 0.5) is 0 Å². The minimum Gasteiger partial charge on any atom is -0.508 e. The molecule has 3 aromatic rings. The van der Waals surface area contributed by atoms with Gasteiger partial charge in [-0.2, -0.15) is 0 Å². The van der Waals surface area contributed by atoms with Crippen molar-refractivity contribution in [2.45, 2.75) is 38.5 Å². The van der Waals surface area contributed by atoms with E-state index >= 15 is 0 Å². The third kappa shape index (κ3) is 4.26. The average molecular weight is 346 g/mol. The smallest absolute Gasteiger partial charge is 0.123 e. The fourth-order valence-electron chi connectivity index (χ4n) is 3.58. The van der Waals surface area contributed by atoms with E-state index in [1.807, 2.05) is 62.4 Å². The first-order valence-electron chi connectivity index (χ1n) is 9.18. The number of hydrogen-bond donors (Lipinski definition) is 2. The Bertz CT molecular complexity index is 774. The Kier molecular flexibility index (Phi) is 5.62. The summed E-state index contributed by atoms with van der Waals surface area (Å²) in [4.78, 5) is 0. The maximum absolute atomic E-state index is 10.5. The predicted octanol–water partition coefficient (Wildman–Crippen LogP) is 5.79. The summed E-state index contributed by atoms with van der Waals surface area (Å²) in [6, 6.07) is 24.4. The van der Waals surface area contributed by atoms with E-state index in [-0.39, 0.29) is 23.3 Å². The van der Waals surface area contributed by atoms with Crippen LogP contribution >= 0.6 is 0 Å². The highest BCUT2D eigenvalue weighted by Crippen LogP contribution is 2.38. The molecule has 2 heteroatoms. The second-order valence-corrected chi connectivity index (χ2v) is 7.20. The van der Waals surface area contributed by atoms with E-state index in [1.54, 1.807) is 0 Å². The van der Waals surface area contributed by atoms with E-state index < -0.39 is 0 Å². The lowest BCUT2D eigenvalue weighted by Crippen LogP contribution is -2.07. The molecular formula is C24H26O2. The lowest BCUT2D eigenvalue weighted by atomic mass is 9.85. The average Bonchev–Trinajstić information content (AvgIpc) is 2.62. The molecule has 2 N–H and O–H groups in total. The Hall–Kier alpha value is -2.74. The quantitative estimate of drug-likeness (QED) is 0.593. The van der Waals surface area contributed by atoms with Gasteiger partial charge in [-0.3, -0.25) is 0 Å². The van der Waals surface area contributed by atoms with Crippen LogP contribution in [-0.4, -0.2) is 10.2 Å². The van der Waals surface area contributed by atoms with Gasteiger partial charge in [0.05, 0.1) is 0 Å². The lowest BCUT2D eigenvalue weighted by Gasteiger charge is -2.21. The summed E-state index contributed by atoms with van der Waals surface area (Å²) in [5, 5.41) is 20.9. The van der Waals surface area contributed by atoms with E-state index in [9.17, 15) is 10.2 Å². The number of phenolic OH excluding ortho intramolecular Hbond substituents is 2. The molecule has 0 aliphatic carbocycles. The van der Waals surface area contributed by atoms with Gasteiger partial charge in [0.25, 0.3) is 0 Å². The van der Waals surface area contributed by atoms with Crippen molar-refractivity contribution in [3.05, 3.63) is 95.1 Å². The fraction of sp³-hybridized carbons (Fsp3) is 0.250. The zero-order chi connectivity index (χ0) is 18.5. The normalized spacial score (nSPS) is 11.2. The van der Waals surface area contributed by atoms with E-state index in [0.717, 1.165) is 18.4 Å². The molecule has 0 unspecified atom stereocenters. The van der Waals surface area contributed by atoms with Crippen LogP contribution in [0.1, 0.15) is 47.9 Å². The molecular weight excluding hydrogens is 320 g/mol. The van der Waals surface area contributed by atoms with Crippen LogP contribution in [0, 0.1) is 0 Å². The summed E-state index contributed by atoms with van der Waals surface area (Å²) < 4.78 is 0. The molecule has 0 atom stereocenters. The summed E-state index contributed by atoms with van der Waals surface area (Å²) in [6.45, 7) is 3.94. The summed E-state index contributed by atoms with van der Waals surface area (Å²) in [5.74, 6) is 0.616. The molecule has 3 rings (SSSR count). The molecule has 2 nitrogen and oxygen atoms in total. The Labute approximate surface area is 155 Å². The van der Waals surface area contributed by atoms with Gasteiger partial charge in [0.1, 0.15) is 11.5 Å². The first kappa shape index (κ1) is 18.1. The Balaban J connectivity index is 1.97. The monoisotopic (exact) mass is 346 g/mol. The van der Waals surface area contributed by atoms with Crippen LogP contribution in [0.3, 0.4) is 0 Å². The summed E-state index contributed by atoms with van der Waals surface area (Å²) in [5.41, 5.74) is 4.09. The van der Waals surface area contributed by atoms with E-state index in [4.69, 9.17) is 0 Å². The molecule has 134 valence electrons. The van der Waals surface area contributed by atoms with Crippen LogP contribution in [0.2, 0.25) is 0 Å². The first-order valence-corrected chi connectivity index (χ1v) is 9.18. The van der Waals surface area contributed by atoms with Gasteiger partial charge in [0, 0.05) is 5.56 Å². The second-order valence-electron chi connectivity index (χ2n) is 7.20. The van der Waals surface area contributed by atoms with E-state index in [1.165, 1.54) is 11.1 Å². The van der Waals surface area contributed by atoms with Crippen LogP contribution in [0.5, 0.6) is 11.5 Å². The van der Waals surface area contributed by atoms with Crippen molar-refractivity contribution < 1.29 is 10.2 Å². The number of benzene rings is 3. The van der Waals surface area contributed by atoms with Crippen molar-refractivity contribution in [3.63, 3.8) is 0 Å². The Morgan fingerprint density at radius 1 is 0.692 bits per heavy atom. The maximum Gasteiger partial charge on any atom is 0.123 e. The van der Waals surface area contributed by atoms with Crippen molar-refractivity contribution in [1.82, 2.24) is 0 Å². The van der Waals surface area contributed by atoms with Gasteiger partial charge in [0.2, 0.25) is 0 Å². The molecule has 0 aliphatic rings. The van der Waals surface area contributed by atoms with Gasteiger partial charge >= 0.3 is 0 Å². The van der Waals surface area contributed by atoms with Crippen molar-refractivity contribution in [3.8, 4) is 11.5 Å². The number of hydrogen-bond acceptors (Lipinski definition) is 2. The molecule has 0 spiro atoms. The predicted molar refractivity (Wildman–Crippen MR) is 107 cm³/mol. The largest absolute Gasteiger partial charge is 0.508 e. The van der Waals surface area contributed by atoms with Crippen molar-refractivity contribution in [2.24, 2.45) is 0 Å². The molecule has 0 amide bonds. The SMILES string of the molecule is CC(C)c1c(O)cc(C(Cc2ccccc2)Cc2ccccc2)cc1O. The standard InChI is InChI=1S/C24H26O2/c1-17(2)24-22(25)15-21(16-23(24)26)20(13-18-9-5-3-6-10-18)14-19-11-7-4-8-12-19/h3-12,15-17,20,25-26H,13-14H2,1-2H3. The molecule has 26 heavy (non-hydrogen) atoms. The summed E-state index contributed by atoms with van der Waals surface area (Å²) in [7, 11) is 0. The number of phenols is 2. The highest BCUT2D eigenvalue weighted by molar-refractivity contribution is 5.49. The molecule has 0 aromatic heterocycles. The highest BCUT2D eigenvalue weighted by Gasteiger charge is 2.19. The Morgan fingerprint density at radius 3 is 1.50 bits per heavy atom. The minimum absolute atomic E-state index is 0.0748. The zero-order valence-corrected chi connectivity index (χ0v) is 15.4. The molecule has 3 aromatic carbocycles. The highest BCUT2D eigenvalue weighted by atomic mass is 16.3. The summed E-state index contributed by atoms with van der Waals surface area (Å²) >= 11 is 0. The van der Waals surface area contributed by atoms with Crippen molar-refractivity contribution >= 4 is 0 Å².